The zero-order chi connectivity index (χ0) is 25.4. The molecule has 1 N–H and O–H groups in total. The lowest BCUT2D eigenvalue weighted by atomic mass is 10.0. The van der Waals surface area contributed by atoms with Crippen LogP contribution in [0.4, 0.5) is 5.69 Å². The Morgan fingerprint density at radius 2 is 1.81 bits per heavy atom. The highest BCUT2D eigenvalue weighted by Gasteiger charge is 2.31. The Kier molecular flexibility index (Phi) is 6.01. The molecule has 1 amide bonds. The summed E-state index contributed by atoms with van der Waals surface area (Å²) in [6.45, 7) is 3.81. The van der Waals surface area contributed by atoms with Crippen LogP contribution < -0.4 is 25.1 Å². The lowest BCUT2D eigenvalue weighted by molar-refractivity contribution is -0.117. The van der Waals surface area contributed by atoms with Gasteiger partial charge in [0, 0.05) is 17.7 Å². The molecule has 0 saturated heterocycles. The topological polar surface area (TPSA) is 83.7 Å². The predicted molar refractivity (Wildman–Crippen MR) is 137 cm³/mol. The first kappa shape index (κ1) is 23.3. The van der Waals surface area contributed by atoms with Crippen LogP contribution in [0.2, 0.25) is 0 Å². The van der Waals surface area contributed by atoms with Crippen molar-refractivity contribution in [1.29, 1.82) is 0 Å². The largest absolute Gasteiger partial charge is 0.497 e. The highest BCUT2D eigenvalue weighted by molar-refractivity contribution is 5.90. The maximum absolute atomic E-state index is 13.7. The number of aryl methyl sites for hydroxylation is 2. The minimum absolute atomic E-state index is 0.131. The highest BCUT2D eigenvalue weighted by Crippen LogP contribution is 2.42. The number of para-hydroxylation sites is 1. The van der Waals surface area contributed by atoms with Crippen LogP contribution >= 0.6 is 0 Å². The third-order valence-electron chi connectivity index (χ3n) is 6.28. The first-order valence-corrected chi connectivity index (χ1v) is 11.6. The molecule has 5 rings (SSSR count). The Labute approximate surface area is 208 Å². The Morgan fingerprint density at radius 3 is 2.50 bits per heavy atom. The Morgan fingerprint density at radius 1 is 1.03 bits per heavy atom. The minimum Gasteiger partial charge on any atom is -0.497 e. The highest BCUT2D eigenvalue weighted by atomic mass is 16.5. The minimum atomic E-state index is -0.300. The summed E-state index contributed by atoms with van der Waals surface area (Å²) in [5.74, 6) is 1.85. The molecule has 4 aromatic rings. The second kappa shape index (κ2) is 9.30. The number of methoxy groups -OCH3 is 2. The molecule has 36 heavy (non-hydrogen) atoms. The van der Waals surface area contributed by atoms with Crippen LogP contribution in [0.25, 0.3) is 5.69 Å². The van der Waals surface area contributed by atoms with E-state index in [4.69, 9.17) is 14.2 Å². The van der Waals surface area contributed by atoms with Gasteiger partial charge in [-0.05, 0) is 55.8 Å². The molecule has 2 heterocycles. The number of rotatable bonds is 6. The number of hydrogen-bond donors (Lipinski definition) is 1. The average molecular weight is 486 g/mol. The standard InChI is InChI=1S/C28H27N3O5/c1-17-8-13-23(18(2)14-17)31-27(33)22-15-19-6-5-7-24(35-4)26(19)36-28(22)30(31)16-25(32)29-20-9-11-21(34-3)12-10-20/h5-14H,15-16H2,1-4H3,(H,29,32). The molecule has 0 unspecified atom stereocenters. The van der Waals surface area contributed by atoms with E-state index in [2.05, 4.69) is 5.32 Å². The van der Waals surface area contributed by atoms with Crippen molar-refractivity contribution in [3.8, 4) is 28.8 Å². The second-order valence-corrected chi connectivity index (χ2v) is 8.75. The molecular formula is C28H27N3O5. The summed E-state index contributed by atoms with van der Waals surface area (Å²) in [5.41, 5.74) is 4.44. The van der Waals surface area contributed by atoms with Gasteiger partial charge in [0.15, 0.2) is 11.5 Å². The third kappa shape index (κ3) is 4.11. The van der Waals surface area contributed by atoms with Gasteiger partial charge in [-0.3, -0.25) is 9.59 Å². The molecular weight excluding hydrogens is 458 g/mol. The van der Waals surface area contributed by atoms with Gasteiger partial charge >= 0.3 is 0 Å². The SMILES string of the molecule is COc1ccc(NC(=O)Cn2c3c(c(=O)n2-c2ccc(C)cc2C)Cc2cccc(OC)c2O3)cc1. The Hall–Kier alpha value is -4.46. The maximum atomic E-state index is 13.7. The number of ether oxygens (including phenoxy) is 3. The fraction of sp³-hybridized carbons (Fsp3) is 0.214. The molecule has 0 saturated carbocycles. The summed E-state index contributed by atoms with van der Waals surface area (Å²) < 4.78 is 20.1. The van der Waals surface area contributed by atoms with Crippen molar-refractivity contribution in [1.82, 2.24) is 9.36 Å². The van der Waals surface area contributed by atoms with E-state index in [-0.39, 0.29) is 18.0 Å². The molecule has 1 aromatic heterocycles. The molecule has 0 atom stereocenters. The zero-order valence-corrected chi connectivity index (χ0v) is 20.6. The fourth-order valence-corrected chi connectivity index (χ4v) is 4.54. The first-order valence-electron chi connectivity index (χ1n) is 11.6. The molecule has 0 radical (unpaired) electrons. The quantitative estimate of drug-likeness (QED) is 0.380. The van der Waals surface area contributed by atoms with Gasteiger partial charge < -0.3 is 19.5 Å². The number of carbonyl (C=O) groups excluding carboxylic acids is 1. The van der Waals surface area contributed by atoms with Crippen molar-refractivity contribution in [3.63, 3.8) is 0 Å². The van der Waals surface area contributed by atoms with Crippen molar-refractivity contribution in [2.45, 2.75) is 26.8 Å². The molecule has 0 bridgehead atoms. The summed E-state index contributed by atoms with van der Waals surface area (Å²) in [5, 5.41) is 2.89. The van der Waals surface area contributed by atoms with Gasteiger partial charge in [-0.25, -0.2) is 9.36 Å². The predicted octanol–water partition coefficient (Wildman–Crippen LogP) is 4.61. The Balaban J connectivity index is 1.59. The van der Waals surface area contributed by atoms with E-state index in [9.17, 15) is 9.59 Å². The van der Waals surface area contributed by atoms with Crippen molar-refractivity contribution >= 4 is 11.6 Å². The summed E-state index contributed by atoms with van der Waals surface area (Å²) in [4.78, 5) is 26.9. The molecule has 0 aliphatic carbocycles. The number of anilines is 1. The van der Waals surface area contributed by atoms with Gasteiger partial charge in [-0.1, -0.05) is 29.8 Å². The Bertz CT molecular complexity index is 1520. The summed E-state index contributed by atoms with van der Waals surface area (Å²) in [6.07, 6.45) is 0.374. The number of nitrogens with zero attached hydrogens (tertiary/aromatic N) is 2. The number of carbonyl (C=O) groups is 1. The van der Waals surface area contributed by atoms with Crippen molar-refractivity contribution in [3.05, 3.63) is 93.3 Å². The van der Waals surface area contributed by atoms with E-state index in [0.717, 1.165) is 16.7 Å². The average Bonchev–Trinajstić information content (AvgIpc) is 3.13. The van der Waals surface area contributed by atoms with E-state index >= 15 is 0 Å². The van der Waals surface area contributed by atoms with Crippen molar-refractivity contribution in [2.75, 3.05) is 19.5 Å². The van der Waals surface area contributed by atoms with Crippen molar-refractivity contribution < 1.29 is 19.0 Å². The maximum Gasteiger partial charge on any atom is 0.278 e. The number of amides is 1. The normalized spacial score (nSPS) is 11.8. The summed E-state index contributed by atoms with van der Waals surface area (Å²) >= 11 is 0. The lowest BCUT2D eigenvalue weighted by Crippen LogP contribution is -2.28. The number of benzene rings is 3. The van der Waals surface area contributed by atoms with E-state index in [1.54, 1.807) is 43.2 Å². The van der Waals surface area contributed by atoms with Gasteiger partial charge in [0.05, 0.1) is 25.5 Å². The molecule has 1 aliphatic heterocycles. The molecule has 0 fully saturated rings. The van der Waals surface area contributed by atoms with Gasteiger partial charge in [-0.15, -0.1) is 0 Å². The molecule has 8 nitrogen and oxygen atoms in total. The molecule has 0 spiro atoms. The number of fused-ring (bicyclic) bond motifs is 2. The van der Waals surface area contributed by atoms with Gasteiger partial charge in [0.25, 0.3) is 5.56 Å². The van der Waals surface area contributed by atoms with Crippen molar-refractivity contribution in [2.24, 2.45) is 0 Å². The number of hydrogen-bond acceptors (Lipinski definition) is 5. The number of aromatic nitrogens is 2. The van der Waals surface area contributed by atoms with E-state index in [0.29, 0.717) is 46.5 Å². The van der Waals surface area contributed by atoms with Crippen LogP contribution in [0.5, 0.6) is 23.1 Å². The van der Waals surface area contributed by atoms with Crippen LogP contribution in [-0.2, 0) is 17.8 Å². The van der Waals surface area contributed by atoms with Crippen LogP contribution in [0, 0.1) is 13.8 Å². The van der Waals surface area contributed by atoms with Crippen LogP contribution in [-0.4, -0.2) is 29.5 Å². The summed E-state index contributed by atoms with van der Waals surface area (Å²) in [6, 6.07) is 18.5. The molecule has 3 aromatic carbocycles. The van der Waals surface area contributed by atoms with Crippen LogP contribution in [0.3, 0.4) is 0 Å². The fourth-order valence-electron chi connectivity index (χ4n) is 4.54. The van der Waals surface area contributed by atoms with Gasteiger partial charge in [-0.2, -0.15) is 0 Å². The zero-order valence-electron chi connectivity index (χ0n) is 20.6. The van der Waals surface area contributed by atoms with Gasteiger partial charge in [0.2, 0.25) is 11.8 Å². The van der Waals surface area contributed by atoms with E-state index < -0.39 is 0 Å². The monoisotopic (exact) mass is 485 g/mol. The second-order valence-electron chi connectivity index (χ2n) is 8.75. The molecule has 184 valence electrons. The smallest absolute Gasteiger partial charge is 0.278 e. The van der Waals surface area contributed by atoms with E-state index in [1.165, 1.54) is 4.68 Å². The van der Waals surface area contributed by atoms with E-state index in [1.807, 2.05) is 50.2 Å². The molecule has 1 aliphatic rings. The third-order valence-corrected chi connectivity index (χ3v) is 6.28. The van der Waals surface area contributed by atoms with Crippen LogP contribution in [0.1, 0.15) is 22.3 Å². The van der Waals surface area contributed by atoms with Gasteiger partial charge in [0.1, 0.15) is 12.3 Å². The number of nitrogens with one attached hydrogen (secondary N) is 1. The first-order chi connectivity index (χ1) is 17.4. The summed E-state index contributed by atoms with van der Waals surface area (Å²) in [7, 11) is 3.16. The lowest BCUT2D eigenvalue weighted by Gasteiger charge is -2.21. The van der Waals surface area contributed by atoms with Crippen LogP contribution in [0.15, 0.2) is 65.5 Å². The molecule has 8 heteroatoms.